The lowest BCUT2D eigenvalue weighted by molar-refractivity contribution is 0.187. The number of hydrogen-bond donors (Lipinski definition) is 1. The van der Waals surface area contributed by atoms with Crippen LogP contribution in [-0.4, -0.2) is 28.5 Å². The van der Waals surface area contributed by atoms with Gasteiger partial charge in [0.2, 0.25) is 0 Å². The van der Waals surface area contributed by atoms with Gasteiger partial charge in [-0.1, -0.05) is 11.6 Å². The van der Waals surface area contributed by atoms with Gasteiger partial charge in [-0.25, -0.2) is 0 Å². The Morgan fingerprint density at radius 2 is 2.50 bits per heavy atom. The molecule has 2 aromatic heterocycles. The molecule has 16 heavy (non-hydrogen) atoms. The summed E-state index contributed by atoms with van der Waals surface area (Å²) >= 11 is 12.8. The molecule has 0 aliphatic carbocycles. The topological polar surface area (TPSA) is 42.8 Å². The van der Waals surface area contributed by atoms with Crippen molar-refractivity contribution in [1.82, 2.24) is 14.8 Å². The van der Waals surface area contributed by atoms with Crippen LogP contribution in [0.3, 0.4) is 0 Å². The van der Waals surface area contributed by atoms with Gasteiger partial charge in [-0.2, -0.15) is 5.10 Å². The van der Waals surface area contributed by atoms with E-state index in [1.54, 1.807) is 18.4 Å². The van der Waals surface area contributed by atoms with Gasteiger partial charge in [0.05, 0.1) is 23.1 Å². The van der Waals surface area contributed by atoms with Gasteiger partial charge < -0.3 is 4.74 Å². The average molecular weight is 276 g/mol. The Morgan fingerprint density at radius 3 is 3.12 bits per heavy atom. The molecule has 0 fully saturated rings. The van der Waals surface area contributed by atoms with Gasteiger partial charge in [0.25, 0.3) is 0 Å². The molecule has 0 bridgehead atoms. The summed E-state index contributed by atoms with van der Waals surface area (Å²) in [5.74, 6) is 0.766. The Kier molecular flexibility index (Phi) is 3.75. The molecule has 0 aromatic carbocycles. The van der Waals surface area contributed by atoms with E-state index >= 15 is 0 Å². The van der Waals surface area contributed by atoms with E-state index < -0.39 is 0 Å². The maximum atomic E-state index is 6.07. The molecule has 7 heteroatoms. The molecule has 2 rings (SSSR count). The molecule has 0 atom stereocenters. The van der Waals surface area contributed by atoms with Gasteiger partial charge >= 0.3 is 0 Å². The number of methoxy groups -OCH3 is 1. The zero-order chi connectivity index (χ0) is 11.5. The number of rotatable bonds is 4. The predicted molar refractivity (Wildman–Crippen MR) is 67.6 cm³/mol. The van der Waals surface area contributed by atoms with E-state index in [0.29, 0.717) is 22.9 Å². The van der Waals surface area contributed by atoms with Crippen molar-refractivity contribution in [1.29, 1.82) is 0 Å². The number of aromatic amines is 1. The number of nitrogens with one attached hydrogen (secondary N) is 1. The van der Waals surface area contributed by atoms with Gasteiger partial charge in [0.15, 0.2) is 10.6 Å². The summed E-state index contributed by atoms with van der Waals surface area (Å²) in [4.78, 5) is 0.921. The molecule has 2 aromatic rings. The van der Waals surface area contributed by atoms with Gasteiger partial charge in [0, 0.05) is 7.11 Å². The maximum Gasteiger partial charge on any atom is 0.195 e. The van der Waals surface area contributed by atoms with E-state index in [4.69, 9.17) is 28.6 Å². The molecule has 0 aliphatic rings. The van der Waals surface area contributed by atoms with Crippen molar-refractivity contribution in [2.75, 3.05) is 13.7 Å². The Hall–Kier alpha value is -0.690. The van der Waals surface area contributed by atoms with E-state index in [0.717, 1.165) is 10.7 Å². The fraction of sp³-hybridized carbons (Fsp3) is 0.333. The van der Waals surface area contributed by atoms with E-state index in [1.807, 2.05) is 16.0 Å². The minimum absolute atomic E-state index is 0.580. The Bertz CT molecular complexity index is 531. The SMILES string of the molecule is COCCn1c(-c2sccc2Cl)n[nH]c1=S. The van der Waals surface area contributed by atoms with Crippen LogP contribution in [0, 0.1) is 4.77 Å². The number of ether oxygens (including phenoxy) is 1. The number of hydrogen-bond acceptors (Lipinski definition) is 4. The summed E-state index contributed by atoms with van der Waals surface area (Å²) in [6, 6.07) is 1.85. The molecule has 0 spiro atoms. The number of aromatic nitrogens is 3. The van der Waals surface area contributed by atoms with Gasteiger partial charge in [-0.05, 0) is 23.7 Å². The van der Waals surface area contributed by atoms with Crippen LogP contribution in [0.15, 0.2) is 11.4 Å². The molecular weight excluding hydrogens is 266 g/mol. The quantitative estimate of drug-likeness (QED) is 0.873. The Morgan fingerprint density at radius 1 is 1.69 bits per heavy atom. The fourth-order valence-electron chi connectivity index (χ4n) is 1.33. The van der Waals surface area contributed by atoms with E-state index in [9.17, 15) is 0 Å². The molecule has 0 saturated carbocycles. The number of halogens is 1. The summed E-state index contributed by atoms with van der Waals surface area (Å²) in [6.07, 6.45) is 0. The minimum Gasteiger partial charge on any atom is -0.383 e. The first-order chi connectivity index (χ1) is 7.74. The normalized spacial score (nSPS) is 10.9. The summed E-state index contributed by atoms with van der Waals surface area (Å²) in [6.45, 7) is 1.25. The van der Waals surface area contributed by atoms with Crippen molar-refractivity contribution in [3.63, 3.8) is 0 Å². The zero-order valence-electron chi connectivity index (χ0n) is 8.57. The highest BCUT2D eigenvalue weighted by atomic mass is 35.5. The third-order valence-electron chi connectivity index (χ3n) is 2.10. The second-order valence-corrected chi connectivity index (χ2v) is 4.80. The molecule has 0 amide bonds. The van der Waals surface area contributed by atoms with Crippen molar-refractivity contribution in [2.24, 2.45) is 0 Å². The third-order valence-corrected chi connectivity index (χ3v) is 3.75. The average Bonchev–Trinajstić information content (AvgIpc) is 2.82. The summed E-state index contributed by atoms with van der Waals surface area (Å²) in [5, 5.41) is 9.58. The molecule has 0 saturated heterocycles. The van der Waals surface area contributed by atoms with E-state index in [1.165, 1.54) is 0 Å². The maximum absolute atomic E-state index is 6.07. The van der Waals surface area contributed by atoms with Crippen LogP contribution in [0.25, 0.3) is 10.7 Å². The molecule has 0 aliphatic heterocycles. The number of H-pyrrole nitrogens is 1. The van der Waals surface area contributed by atoms with Gasteiger partial charge in [0.1, 0.15) is 0 Å². The summed E-state index contributed by atoms with van der Waals surface area (Å²) < 4.78 is 7.50. The largest absolute Gasteiger partial charge is 0.383 e. The van der Waals surface area contributed by atoms with Crippen molar-refractivity contribution in [3.8, 4) is 10.7 Å². The first kappa shape index (κ1) is 11.8. The fourth-order valence-corrected chi connectivity index (χ4v) is 2.70. The first-order valence-electron chi connectivity index (χ1n) is 4.61. The minimum atomic E-state index is 0.580. The smallest absolute Gasteiger partial charge is 0.195 e. The number of nitrogens with zero attached hydrogens (tertiary/aromatic N) is 2. The second kappa shape index (κ2) is 5.09. The molecule has 86 valence electrons. The van der Waals surface area contributed by atoms with E-state index in [-0.39, 0.29) is 0 Å². The Labute approximate surface area is 107 Å². The van der Waals surface area contributed by atoms with Crippen molar-refractivity contribution in [3.05, 3.63) is 21.2 Å². The zero-order valence-corrected chi connectivity index (χ0v) is 11.0. The van der Waals surface area contributed by atoms with E-state index in [2.05, 4.69) is 10.2 Å². The third kappa shape index (κ3) is 2.20. The molecule has 1 N–H and O–H groups in total. The molecule has 2 heterocycles. The highest BCUT2D eigenvalue weighted by Crippen LogP contribution is 2.31. The van der Waals surface area contributed by atoms with Crippen molar-refractivity contribution >= 4 is 35.2 Å². The molecule has 0 radical (unpaired) electrons. The van der Waals surface area contributed by atoms with Crippen LogP contribution in [0.5, 0.6) is 0 Å². The monoisotopic (exact) mass is 275 g/mol. The number of thiophene rings is 1. The van der Waals surface area contributed by atoms with Crippen molar-refractivity contribution < 1.29 is 4.74 Å². The Balaban J connectivity index is 2.42. The molecular formula is C9H10ClN3OS2. The van der Waals surface area contributed by atoms with Crippen LogP contribution in [0.1, 0.15) is 0 Å². The lowest BCUT2D eigenvalue weighted by Gasteiger charge is -2.04. The van der Waals surface area contributed by atoms with Crippen LogP contribution in [-0.2, 0) is 11.3 Å². The summed E-state index contributed by atoms with van der Waals surface area (Å²) in [5.41, 5.74) is 0. The molecule has 4 nitrogen and oxygen atoms in total. The first-order valence-corrected chi connectivity index (χ1v) is 6.28. The van der Waals surface area contributed by atoms with Crippen LogP contribution >= 0.6 is 35.2 Å². The van der Waals surface area contributed by atoms with Crippen LogP contribution in [0.2, 0.25) is 5.02 Å². The van der Waals surface area contributed by atoms with Gasteiger partial charge in [-0.3, -0.25) is 9.67 Å². The highest BCUT2D eigenvalue weighted by Gasteiger charge is 2.13. The lowest BCUT2D eigenvalue weighted by Crippen LogP contribution is -2.05. The lowest BCUT2D eigenvalue weighted by atomic mass is 10.4. The predicted octanol–water partition coefficient (Wildman–Crippen LogP) is 2.97. The second-order valence-electron chi connectivity index (χ2n) is 3.09. The molecule has 0 unspecified atom stereocenters. The van der Waals surface area contributed by atoms with Crippen LogP contribution in [0.4, 0.5) is 0 Å². The highest BCUT2D eigenvalue weighted by molar-refractivity contribution is 7.71. The standard InChI is InChI=1S/C9H10ClN3OS2/c1-14-4-3-13-8(11-12-9(13)15)7-6(10)2-5-16-7/h2,5H,3-4H2,1H3,(H,12,15). The van der Waals surface area contributed by atoms with Gasteiger partial charge in [-0.15, -0.1) is 11.3 Å². The summed E-state index contributed by atoms with van der Waals surface area (Å²) in [7, 11) is 1.65. The van der Waals surface area contributed by atoms with Crippen molar-refractivity contribution in [2.45, 2.75) is 6.54 Å². The van der Waals surface area contributed by atoms with Crippen LogP contribution < -0.4 is 0 Å².